The summed E-state index contributed by atoms with van der Waals surface area (Å²) in [7, 11) is 0. The summed E-state index contributed by atoms with van der Waals surface area (Å²) in [6, 6.07) is 0.0776. The standard InChI is InChI=1S/C12H23NO4/c13-10(7-5-9-12(16)17)6-3-1-2-4-8-11(14)15/h10H,1-9,13H2,(H,14,15)(H,16,17)/t10-/m1/s1. The highest BCUT2D eigenvalue weighted by molar-refractivity contribution is 5.66. The van der Waals surface area contributed by atoms with Crippen LogP contribution in [0.3, 0.4) is 0 Å². The van der Waals surface area contributed by atoms with Gasteiger partial charge in [-0.3, -0.25) is 9.59 Å². The molecule has 0 radical (unpaired) electrons. The molecule has 100 valence electrons. The Kier molecular flexibility index (Phi) is 9.43. The molecule has 0 aliphatic heterocycles. The average molecular weight is 245 g/mol. The molecule has 1 atom stereocenters. The summed E-state index contributed by atoms with van der Waals surface area (Å²) < 4.78 is 0. The molecule has 0 saturated heterocycles. The van der Waals surface area contributed by atoms with Crippen molar-refractivity contribution < 1.29 is 19.8 Å². The zero-order valence-corrected chi connectivity index (χ0v) is 10.2. The number of rotatable bonds is 11. The third-order valence-electron chi connectivity index (χ3n) is 2.68. The van der Waals surface area contributed by atoms with E-state index in [0.717, 1.165) is 38.5 Å². The van der Waals surface area contributed by atoms with E-state index in [-0.39, 0.29) is 18.9 Å². The number of hydrogen-bond donors (Lipinski definition) is 3. The van der Waals surface area contributed by atoms with Gasteiger partial charge < -0.3 is 15.9 Å². The van der Waals surface area contributed by atoms with Gasteiger partial charge in [0, 0.05) is 18.9 Å². The maximum Gasteiger partial charge on any atom is 0.303 e. The summed E-state index contributed by atoms with van der Waals surface area (Å²) in [5.41, 5.74) is 5.84. The number of hydrogen-bond acceptors (Lipinski definition) is 3. The number of unbranched alkanes of at least 4 members (excludes halogenated alkanes) is 3. The lowest BCUT2D eigenvalue weighted by Crippen LogP contribution is -2.19. The Bertz CT molecular complexity index is 231. The van der Waals surface area contributed by atoms with Gasteiger partial charge in [0.15, 0.2) is 0 Å². The minimum absolute atomic E-state index is 0.0776. The lowest BCUT2D eigenvalue weighted by molar-refractivity contribution is -0.138. The van der Waals surface area contributed by atoms with Gasteiger partial charge in [0.2, 0.25) is 0 Å². The molecule has 0 unspecified atom stereocenters. The van der Waals surface area contributed by atoms with Gasteiger partial charge in [0.25, 0.3) is 0 Å². The van der Waals surface area contributed by atoms with Crippen LogP contribution in [0.1, 0.15) is 57.8 Å². The molecule has 0 aromatic rings. The van der Waals surface area contributed by atoms with Crippen molar-refractivity contribution in [3.63, 3.8) is 0 Å². The van der Waals surface area contributed by atoms with Gasteiger partial charge in [-0.15, -0.1) is 0 Å². The Balaban J connectivity index is 3.24. The Morgan fingerprint density at radius 3 is 1.88 bits per heavy atom. The molecule has 0 fully saturated rings. The third kappa shape index (κ3) is 12.8. The summed E-state index contributed by atoms with van der Waals surface area (Å²) in [6.07, 6.45) is 6.35. The maximum atomic E-state index is 10.3. The molecule has 0 amide bonds. The van der Waals surface area contributed by atoms with Crippen molar-refractivity contribution >= 4 is 11.9 Å². The Morgan fingerprint density at radius 2 is 1.29 bits per heavy atom. The van der Waals surface area contributed by atoms with Crippen LogP contribution in [0.4, 0.5) is 0 Å². The van der Waals surface area contributed by atoms with Crippen LogP contribution in [0.5, 0.6) is 0 Å². The van der Waals surface area contributed by atoms with E-state index in [1.807, 2.05) is 0 Å². The number of carbonyl (C=O) groups is 2. The van der Waals surface area contributed by atoms with E-state index in [2.05, 4.69) is 0 Å². The SMILES string of the molecule is N[C@H](CCCCCCC(=O)O)CCCC(=O)O. The Labute approximate surface area is 102 Å². The van der Waals surface area contributed by atoms with Gasteiger partial charge >= 0.3 is 11.9 Å². The van der Waals surface area contributed by atoms with Crippen LogP contribution in [0.2, 0.25) is 0 Å². The van der Waals surface area contributed by atoms with Crippen LogP contribution in [0.25, 0.3) is 0 Å². The first-order chi connectivity index (χ1) is 8.02. The van der Waals surface area contributed by atoms with Crippen molar-refractivity contribution in [1.29, 1.82) is 0 Å². The normalized spacial score (nSPS) is 12.3. The molecule has 0 aliphatic rings. The van der Waals surface area contributed by atoms with E-state index >= 15 is 0 Å². The van der Waals surface area contributed by atoms with Crippen LogP contribution in [-0.2, 0) is 9.59 Å². The summed E-state index contributed by atoms with van der Waals surface area (Å²) >= 11 is 0. The van der Waals surface area contributed by atoms with E-state index in [1.54, 1.807) is 0 Å². The molecular weight excluding hydrogens is 222 g/mol. The van der Waals surface area contributed by atoms with Crippen LogP contribution >= 0.6 is 0 Å². The molecule has 0 bridgehead atoms. The summed E-state index contributed by atoms with van der Waals surface area (Å²) in [5, 5.41) is 16.9. The highest BCUT2D eigenvalue weighted by Crippen LogP contribution is 2.10. The predicted octanol–water partition coefficient (Wildman–Crippen LogP) is 1.99. The lowest BCUT2D eigenvalue weighted by Gasteiger charge is -2.10. The number of nitrogens with two attached hydrogens (primary N) is 1. The van der Waals surface area contributed by atoms with Gasteiger partial charge in [-0.25, -0.2) is 0 Å². The lowest BCUT2D eigenvalue weighted by atomic mass is 10.0. The molecule has 0 heterocycles. The van der Waals surface area contributed by atoms with Gasteiger partial charge in [-0.1, -0.05) is 19.3 Å². The first-order valence-electron chi connectivity index (χ1n) is 6.21. The fourth-order valence-corrected chi connectivity index (χ4v) is 1.70. The molecule has 17 heavy (non-hydrogen) atoms. The molecule has 5 nitrogen and oxygen atoms in total. The second-order valence-corrected chi connectivity index (χ2v) is 4.39. The third-order valence-corrected chi connectivity index (χ3v) is 2.68. The molecule has 0 aliphatic carbocycles. The van der Waals surface area contributed by atoms with Crippen molar-refractivity contribution in [2.75, 3.05) is 0 Å². The molecule has 0 spiro atoms. The molecule has 0 aromatic heterocycles. The van der Waals surface area contributed by atoms with Crippen LogP contribution < -0.4 is 5.73 Å². The monoisotopic (exact) mass is 245 g/mol. The van der Waals surface area contributed by atoms with E-state index in [4.69, 9.17) is 15.9 Å². The van der Waals surface area contributed by atoms with E-state index < -0.39 is 11.9 Å². The van der Waals surface area contributed by atoms with Crippen molar-refractivity contribution in [2.45, 2.75) is 63.8 Å². The van der Waals surface area contributed by atoms with E-state index in [1.165, 1.54) is 0 Å². The first-order valence-corrected chi connectivity index (χ1v) is 6.21. The maximum absolute atomic E-state index is 10.3. The van der Waals surface area contributed by atoms with E-state index in [9.17, 15) is 9.59 Å². The van der Waals surface area contributed by atoms with E-state index in [0.29, 0.717) is 6.42 Å². The van der Waals surface area contributed by atoms with Gasteiger partial charge in [0.1, 0.15) is 0 Å². The predicted molar refractivity (Wildman–Crippen MR) is 64.8 cm³/mol. The summed E-state index contributed by atoms with van der Waals surface area (Å²) in [6.45, 7) is 0. The fraction of sp³-hybridized carbons (Fsp3) is 0.833. The average Bonchev–Trinajstić information content (AvgIpc) is 2.22. The van der Waals surface area contributed by atoms with Crippen molar-refractivity contribution in [3.05, 3.63) is 0 Å². The first kappa shape index (κ1) is 15.9. The quantitative estimate of drug-likeness (QED) is 0.483. The summed E-state index contributed by atoms with van der Waals surface area (Å²) in [4.78, 5) is 20.5. The Morgan fingerprint density at radius 1 is 0.824 bits per heavy atom. The fourth-order valence-electron chi connectivity index (χ4n) is 1.70. The largest absolute Gasteiger partial charge is 0.481 e. The molecule has 5 heteroatoms. The molecule has 0 rings (SSSR count). The van der Waals surface area contributed by atoms with Crippen LogP contribution in [0, 0.1) is 0 Å². The number of aliphatic carboxylic acids is 2. The van der Waals surface area contributed by atoms with Gasteiger partial charge in [-0.2, -0.15) is 0 Å². The summed E-state index contributed by atoms with van der Waals surface area (Å²) in [5.74, 6) is -1.51. The zero-order chi connectivity index (χ0) is 13.1. The smallest absolute Gasteiger partial charge is 0.303 e. The molecule has 0 aromatic carbocycles. The molecular formula is C12H23NO4. The van der Waals surface area contributed by atoms with Crippen LogP contribution in [-0.4, -0.2) is 28.2 Å². The highest BCUT2D eigenvalue weighted by atomic mass is 16.4. The number of carboxylic acids is 2. The topological polar surface area (TPSA) is 101 Å². The second-order valence-electron chi connectivity index (χ2n) is 4.39. The van der Waals surface area contributed by atoms with Crippen molar-refractivity contribution in [1.82, 2.24) is 0 Å². The Hall–Kier alpha value is -1.10. The van der Waals surface area contributed by atoms with Crippen molar-refractivity contribution in [3.8, 4) is 0 Å². The van der Waals surface area contributed by atoms with Gasteiger partial charge in [0.05, 0.1) is 0 Å². The molecule has 0 saturated carbocycles. The van der Waals surface area contributed by atoms with Crippen molar-refractivity contribution in [2.24, 2.45) is 5.73 Å². The van der Waals surface area contributed by atoms with Crippen LogP contribution in [0.15, 0.2) is 0 Å². The molecule has 4 N–H and O–H groups in total. The minimum Gasteiger partial charge on any atom is -0.481 e. The minimum atomic E-state index is -0.772. The number of carboxylic acid groups (broad SMARTS) is 2. The highest BCUT2D eigenvalue weighted by Gasteiger charge is 2.04. The zero-order valence-electron chi connectivity index (χ0n) is 10.2. The van der Waals surface area contributed by atoms with Gasteiger partial charge in [-0.05, 0) is 25.7 Å². The second kappa shape index (κ2) is 10.1.